The van der Waals surface area contributed by atoms with Crippen LogP contribution in [0.1, 0.15) is 16.7 Å². The van der Waals surface area contributed by atoms with Crippen molar-refractivity contribution in [1.29, 1.82) is 0 Å². The van der Waals surface area contributed by atoms with Gasteiger partial charge in [0.15, 0.2) is 11.5 Å². The molecule has 2 N–H and O–H groups in total. The Balaban J connectivity index is 1.21. The highest BCUT2D eigenvalue weighted by Gasteiger charge is 2.12. The third-order valence-electron chi connectivity index (χ3n) is 5.00. The molecule has 1 amide bonds. The van der Waals surface area contributed by atoms with Gasteiger partial charge in [0.2, 0.25) is 12.7 Å². The zero-order valence-corrected chi connectivity index (χ0v) is 17.5. The number of carbonyl (C=O) groups excluding carboxylic acids is 1. The molecule has 0 spiro atoms. The minimum Gasteiger partial charge on any atom is -0.473 e. The Bertz CT molecular complexity index is 1350. The quantitative estimate of drug-likeness (QED) is 0.257. The number of carbonyl (C=O) groups is 1. The van der Waals surface area contributed by atoms with Crippen molar-refractivity contribution in [3.63, 3.8) is 0 Å². The second kappa shape index (κ2) is 9.27. The van der Waals surface area contributed by atoms with Crippen molar-refractivity contribution < 1.29 is 19.0 Å². The van der Waals surface area contributed by atoms with E-state index in [0.29, 0.717) is 24.0 Å². The second-order valence-electron chi connectivity index (χ2n) is 7.27. The third kappa shape index (κ3) is 4.85. The minimum absolute atomic E-state index is 0.211. The number of aromatic amines is 1. The molecule has 2 aromatic carbocycles. The number of nitrogens with one attached hydrogen (secondary N) is 2. The van der Waals surface area contributed by atoms with E-state index < -0.39 is 0 Å². The molecule has 8 nitrogen and oxygen atoms in total. The number of fused-ring (bicyclic) bond motifs is 2. The first-order chi connectivity index (χ1) is 16.2. The molecular weight excluding hydrogens is 420 g/mol. The van der Waals surface area contributed by atoms with E-state index in [1.54, 1.807) is 24.7 Å². The van der Waals surface area contributed by atoms with Crippen LogP contribution in [0.2, 0.25) is 0 Å². The van der Waals surface area contributed by atoms with Gasteiger partial charge in [-0.25, -0.2) is 10.4 Å². The Morgan fingerprint density at radius 1 is 1.15 bits per heavy atom. The zero-order chi connectivity index (χ0) is 22.5. The van der Waals surface area contributed by atoms with Gasteiger partial charge in [0.05, 0.1) is 17.9 Å². The van der Waals surface area contributed by atoms with E-state index in [1.165, 1.54) is 6.08 Å². The number of hydrazone groups is 1. The van der Waals surface area contributed by atoms with Crippen LogP contribution in [0.3, 0.4) is 0 Å². The highest BCUT2D eigenvalue weighted by atomic mass is 16.7. The number of nitrogens with zero attached hydrogens (tertiary/aromatic N) is 2. The van der Waals surface area contributed by atoms with E-state index >= 15 is 0 Å². The molecule has 0 bridgehead atoms. The summed E-state index contributed by atoms with van der Waals surface area (Å²) in [4.78, 5) is 19.6. The fourth-order valence-corrected chi connectivity index (χ4v) is 3.33. The standard InChI is InChI=1S/C25H20N4O4/c30-24(9-7-17-6-8-22-23(10-17)33-16-32-22)29-28-13-19-12-26-21-14-27-25(11-20(19)21)31-15-18-4-2-1-3-5-18/h1-14,26H,15-16H2,(H,29,30)/b9-7?,28-13+. The first kappa shape index (κ1) is 20.3. The molecule has 0 aliphatic carbocycles. The van der Waals surface area contributed by atoms with Crippen molar-refractivity contribution in [2.24, 2.45) is 5.10 Å². The van der Waals surface area contributed by atoms with Crippen LogP contribution < -0.4 is 19.6 Å². The largest absolute Gasteiger partial charge is 0.473 e. The topological polar surface area (TPSA) is 97.8 Å². The van der Waals surface area contributed by atoms with Crippen LogP contribution in [0.25, 0.3) is 17.0 Å². The Labute approximate surface area is 189 Å². The number of H-pyrrole nitrogens is 1. The van der Waals surface area contributed by atoms with Gasteiger partial charge in [0.1, 0.15) is 6.61 Å². The summed E-state index contributed by atoms with van der Waals surface area (Å²) < 4.78 is 16.4. The number of aromatic nitrogens is 2. The van der Waals surface area contributed by atoms with Gasteiger partial charge >= 0.3 is 0 Å². The lowest BCUT2D eigenvalue weighted by Gasteiger charge is -2.05. The van der Waals surface area contributed by atoms with Crippen molar-refractivity contribution in [2.45, 2.75) is 6.61 Å². The molecule has 8 heteroatoms. The number of ether oxygens (including phenoxy) is 3. The molecule has 0 atom stereocenters. The lowest BCUT2D eigenvalue weighted by atomic mass is 10.2. The van der Waals surface area contributed by atoms with Crippen molar-refractivity contribution in [2.75, 3.05) is 6.79 Å². The van der Waals surface area contributed by atoms with Gasteiger partial charge in [-0.3, -0.25) is 4.79 Å². The molecule has 3 heterocycles. The van der Waals surface area contributed by atoms with Crippen LogP contribution in [0.4, 0.5) is 0 Å². The lowest BCUT2D eigenvalue weighted by Crippen LogP contribution is -2.14. The van der Waals surface area contributed by atoms with Gasteiger partial charge in [-0.05, 0) is 29.3 Å². The van der Waals surface area contributed by atoms with Gasteiger partial charge in [0, 0.05) is 29.3 Å². The van der Waals surface area contributed by atoms with Gasteiger partial charge < -0.3 is 19.2 Å². The molecule has 5 rings (SSSR count). The summed E-state index contributed by atoms with van der Waals surface area (Å²) in [5.41, 5.74) is 6.03. The smallest absolute Gasteiger partial charge is 0.264 e. The fraction of sp³-hybridized carbons (Fsp3) is 0.0800. The average molecular weight is 440 g/mol. The number of hydrogen-bond acceptors (Lipinski definition) is 6. The van der Waals surface area contributed by atoms with Gasteiger partial charge in [-0.2, -0.15) is 5.10 Å². The molecule has 0 radical (unpaired) electrons. The molecular formula is C25H20N4O4. The van der Waals surface area contributed by atoms with Crippen LogP contribution in [0.5, 0.6) is 17.4 Å². The molecule has 2 aromatic heterocycles. The minimum atomic E-state index is -0.350. The Hall–Kier alpha value is -4.59. The third-order valence-corrected chi connectivity index (χ3v) is 5.00. The lowest BCUT2D eigenvalue weighted by molar-refractivity contribution is -0.116. The molecule has 164 valence electrons. The molecule has 0 saturated carbocycles. The summed E-state index contributed by atoms with van der Waals surface area (Å²) in [6.07, 6.45) is 8.17. The first-order valence-electron chi connectivity index (χ1n) is 10.3. The predicted octanol–water partition coefficient (Wildman–Crippen LogP) is 4.03. The van der Waals surface area contributed by atoms with Crippen LogP contribution in [-0.4, -0.2) is 28.9 Å². The van der Waals surface area contributed by atoms with Gasteiger partial charge in [-0.15, -0.1) is 0 Å². The number of rotatable bonds is 7. The maximum Gasteiger partial charge on any atom is 0.264 e. The van der Waals surface area contributed by atoms with Crippen molar-refractivity contribution in [1.82, 2.24) is 15.4 Å². The van der Waals surface area contributed by atoms with E-state index in [-0.39, 0.29) is 12.7 Å². The SMILES string of the molecule is O=C(C=Cc1ccc2c(c1)OCO2)N/N=C/c1c[nH]c2cnc(OCc3ccccc3)cc12. The molecule has 0 unspecified atom stereocenters. The van der Waals surface area contributed by atoms with Gasteiger partial charge in [-0.1, -0.05) is 36.4 Å². The van der Waals surface area contributed by atoms with E-state index in [4.69, 9.17) is 14.2 Å². The fourth-order valence-electron chi connectivity index (χ4n) is 3.33. The Morgan fingerprint density at radius 3 is 2.94 bits per heavy atom. The van der Waals surface area contributed by atoms with E-state index in [0.717, 1.165) is 27.6 Å². The van der Waals surface area contributed by atoms with Crippen LogP contribution in [0, 0.1) is 0 Å². The summed E-state index contributed by atoms with van der Waals surface area (Å²) in [5, 5.41) is 4.95. The Morgan fingerprint density at radius 2 is 2.03 bits per heavy atom. The monoisotopic (exact) mass is 440 g/mol. The molecule has 1 aliphatic rings. The molecule has 0 saturated heterocycles. The summed E-state index contributed by atoms with van der Waals surface area (Å²) in [6, 6.07) is 17.2. The normalized spacial score (nSPS) is 12.6. The maximum atomic E-state index is 12.1. The second-order valence-corrected chi connectivity index (χ2v) is 7.27. The summed E-state index contributed by atoms with van der Waals surface area (Å²) in [7, 11) is 0. The van der Waals surface area contributed by atoms with E-state index in [1.807, 2.05) is 54.6 Å². The van der Waals surface area contributed by atoms with Crippen molar-refractivity contribution in [3.8, 4) is 17.4 Å². The first-order valence-corrected chi connectivity index (χ1v) is 10.3. The highest BCUT2D eigenvalue weighted by molar-refractivity contribution is 6.00. The van der Waals surface area contributed by atoms with Crippen LogP contribution >= 0.6 is 0 Å². The maximum absolute atomic E-state index is 12.1. The van der Waals surface area contributed by atoms with Crippen molar-refractivity contribution in [3.05, 3.63) is 89.8 Å². The molecule has 1 aliphatic heterocycles. The predicted molar refractivity (Wildman–Crippen MR) is 124 cm³/mol. The van der Waals surface area contributed by atoms with Gasteiger partial charge in [0.25, 0.3) is 5.91 Å². The van der Waals surface area contributed by atoms with E-state index in [9.17, 15) is 4.79 Å². The zero-order valence-electron chi connectivity index (χ0n) is 17.5. The summed E-state index contributed by atoms with van der Waals surface area (Å²) in [6.45, 7) is 0.640. The van der Waals surface area contributed by atoms with Crippen molar-refractivity contribution >= 4 is 29.1 Å². The van der Waals surface area contributed by atoms with E-state index in [2.05, 4.69) is 20.5 Å². The molecule has 33 heavy (non-hydrogen) atoms. The summed E-state index contributed by atoms with van der Waals surface area (Å²) in [5.74, 6) is 1.52. The number of benzene rings is 2. The number of pyridine rings is 1. The highest BCUT2D eigenvalue weighted by Crippen LogP contribution is 2.32. The Kier molecular flexibility index (Phi) is 5.71. The number of hydrogen-bond donors (Lipinski definition) is 2. The molecule has 4 aromatic rings. The number of amides is 1. The average Bonchev–Trinajstić information content (AvgIpc) is 3.48. The van der Waals surface area contributed by atoms with Crippen LogP contribution in [0.15, 0.2) is 78.2 Å². The summed E-state index contributed by atoms with van der Waals surface area (Å²) >= 11 is 0. The van der Waals surface area contributed by atoms with Crippen LogP contribution in [-0.2, 0) is 11.4 Å². The molecule has 0 fully saturated rings.